The fraction of sp³-hybridized carbons (Fsp3) is 0.586. The average Bonchev–Trinajstić information content (AvgIpc) is 3.04. The zero-order valence-electron chi connectivity index (χ0n) is 29.4. The Hall–Kier alpha value is -4.78. The number of methoxy groups -OCH3 is 2. The van der Waals surface area contributed by atoms with E-state index in [0.717, 1.165) is 14.2 Å². The largest absolute Gasteiger partial charge is 0.453 e. The fourth-order valence-electron chi connectivity index (χ4n) is 4.24. The van der Waals surface area contributed by atoms with Crippen LogP contribution in [-0.4, -0.2) is 104 Å². The molecule has 0 aliphatic heterocycles. The van der Waals surface area contributed by atoms with E-state index in [4.69, 9.17) is 11.6 Å². The first-order valence-corrected chi connectivity index (χ1v) is 15.1. The van der Waals surface area contributed by atoms with Gasteiger partial charge in [-0.25, -0.2) is 29.2 Å². The van der Waals surface area contributed by atoms with Crippen LogP contribution in [0.4, 0.5) is 53.5 Å². The van der Waals surface area contributed by atoms with Crippen molar-refractivity contribution in [2.24, 2.45) is 22.4 Å². The third-order valence-electron chi connectivity index (χ3n) is 7.87. The number of carbonyl (C=O) groups is 4. The van der Waals surface area contributed by atoms with Gasteiger partial charge in [-0.1, -0.05) is 0 Å². The van der Waals surface area contributed by atoms with Crippen LogP contribution in [0.1, 0.15) is 38.8 Å². The van der Waals surface area contributed by atoms with Gasteiger partial charge in [0, 0.05) is 37.0 Å². The standard InChI is InChI=1S/C29H40F10N8O7/c1-26(2,28(34,35)36)19(43-24(51)53-5)21(49)42-9-14(48)10-46(45-22(50)20(44-25(52)54-6)27(3,4)29(37,38)39)11-15-16(30)7-13(8-17(15)31)18(40)12-47(41)23(32)33/h7-8,12,14,19-20,23,48H,9-11,40-41H2,1-6H3,(H,42,49)(H,43,51)(H,44,52)(H,45,50)/b18-12-/t14-,19?,20-/m1/s1. The molecule has 0 heterocycles. The normalized spacial score (nSPS) is 14.6. The molecule has 3 atom stereocenters. The third-order valence-corrected chi connectivity index (χ3v) is 7.87. The Morgan fingerprint density at radius 2 is 1.28 bits per heavy atom. The summed E-state index contributed by atoms with van der Waals surface area (Å²) in [6.45, 7) is -4.32. The molecule has 1 unspecified atom stereocenters. The molecule has 0 aliphatic carbocycles. The number of amides is 4. The Bertz CT molecular complexity index is 1500. The summed E-state index contributed by atoms with van der Waals surface area (Å²) in [6, 6.07) is -3.82. The number of rotatable bonds is 16. The number of hydrazine groups is 2. The minimum Gasteiger partial charge on any atom is -0.453 e. The number of nitrogens with zero attached hydrogens (tertiary/aromatic N) is 2. The minimum atomic E-state index is -5.19. The summed E-state index contributed by atoms with van der Waals surface area (Å²) in [5.74, 6) is -1.13. The molecular weight excluding hydrogens is 762 g/mol. The first-order chi connectivity index (χ1) is 24.5. The smallest absolute Gasteiger partial charge is 0.407 e. The Morgan fingerprint density at radius 3 is 1.67 bits per heavy atom. The molecule has 0 bridgehead atoms. The molecule has 0 saturated heterocycles. The summed E-state index contributed by atoms with van der Waals surface area (Å²) in [4.78, 5) is 49.8. The van der Waals surface area contributed by atoms with Crippen LogP contribution in [0, 0.1) is 22.5 Å². The molecule has 4 amide bonds. The number of alkyl halides is 8. The Balaban J connectivity index is 3.59. The lowest BCUT2D eigenvalue weighted by atomic mass is 9.83. The molecule has 1 aromatic rings. The molecule has 1 rings (SSSR count). The van der Waals surface area contributed by atoms with Crippen LogP contribution < -0.4 is 33.0 Å². The first kappa shape index (κ1) is 47.2. The van der Waals surface area contributed by atoms with Gasteiger partial charge < -0.3 is 36.3 Å². The van der Waals surface area contributed by atoms with Gasteiger partial charge >= 0.3 is 31.1 Å². The highest BCUT2D eigenvalue weighted by Crippen LogP contribution is 2.41. The van der Waals surface area contributed by atoms with Crippen molar-refractivity contribution in [2.75, 3.05) is 27.3 Å². The van der Waals surface area contributed by atoms with E-state index in [2.05, 4.69) is 9.47 Å². The number of benzene rings is 1. The van der Waals surface area contributed by atoms with Gasteiger partial charge in [-0.2, -0.15) is 35.1 Å². The quantitative estimate of drug-likeness (QED) is 0.0559. The van der Waals surface area contributed by atoms with Gasteiger partial charge in [-0.15, -0.1) is 0 Å². The van der Waals surface area contributed by atoms with Crippen LogP contribution in [0.15, 0.2) is 18.3 Å². The van der Waals surface area contributed by atoms with Gasteiger partial charge in [0.2, 0.25) is 5.91 Å². The lowest BCUT2D eigenvalue weighted by Gasteiger charge is -2.37. The molecule has 15 nitrogen and oxygen atoms in total. The van der Waals surface area contributed by atoms with Crippen molar-refractivity contribution in [3.63, 3.8) is 0 Å². The van der Waals surface area contributed by atoms with Crippen molar-refractivity contribution in [2.45, 2.75) is 71.3 Å². The summed E-state index contributed by atoms with van der Waals surface area (Å²) in [5.41, 5.74) is -0.681. The maximum atomic E-state index is 15.3. The third kappa shape index (κ3) is 12.4. The number of nitrogens with one attached hydrogen (secondary N) is 4. The van der Waals surface area contributed by atoms with Crippen LogP contribution in [0.3, 0.4) is 0 Å². The van der Waals surface area contributed by atoms with Gasteiger partial charge in [-0.3, -0.25) is 20.0 Å². The van der Waals surface area contributed by atoms with Crippen LogP contribution >= 0.6 is 0 Å². The van der Waals surface area contributed by atoms with Crippen molar-refractivity contribution < 1.29 is 77.7 Å². The molecule has 0 fully saturated rings. The van der Waals surface area contributed by atoms with E-state index in [1.807, 2.05) is 10.7 Å². The molecule has 25 heteroatoms. The summed E-state index contributed by atoms with van der Waals surface area (Å²) in [7, 11) is 1.56. The van der Waals surface area contributed by atoms with Gasteiger partial charge in [0.15, 0.2) is 0 Å². The van der Waals surface area contributed by atoms with Crippen molar-refractivity contribution in [3.8, 4) is 0 Å². The number of ether oxygens (including phenoxy) is 2. The Morgan fingerprint density at radius 1 is 0.852 bits per heavy atom. The van der Waals surface area contributed by atoms with Crippen molar-refractivity contribution >= 4 is 29.7 Å². The molecule has 0 aromatic heterocycles. The topological polar surface area (TPSA) is 214 Å². The molecule has 1 aromatic carbocycles. The van der Waals surface area contributed by atoms with Crippen LogP contribution in [0.5, 0.6) is 0 Å². The zero-order chi connectivity index (χ0) is 42.1. The van der Waals surface area contributed by atoms with E-state index in [1.165, 1.54) is 0 Å². The summed E-state index contributed by atoms with van der Waals surface area (Å²) in [5, 5.41) is 16.3. The first-order valence-electron chi connectivity index (χ1n) is 15.1. The second-order valence-corrected chi connectivity index (χ2v) is 12.6. The van der Waals surface area contributed by atoms with Crippen LogP contribution in [0.25, 0.3) is 5.70 Å². The van der Waals surface area contributed by atoms with E-state index >= 15 is 8.78 Å². The molecule has 54 heavy (non-hydrogen) atoms. The van der Waals surface area contributed by atoms with Crippen molar-refractivity contribution in [1.82, 2.24) is 31.4 Å². The van der Waals surface area contributed by atoms with E-state index < -0.39 is 120 Å². The predicted molar refractivity (Wildman–Crippen MR) is 166 cm³/mol. The second kappa shape index (κ2) is 18.5. The second-order valence-electron chi connectivity index (χ2n) is 12.6. The number of aliphatic hydroxyl groups is 1. The summed E-state index contributed by atoms with van der Waals surface area (Å²) < 4.78 is 148. The number of aliphatic hydroxyl groups excluding tert-OH is 1. The number of nitrogens with two attached hydrogens (primary N) is 2. The lowest BCUT2D eigenvalue weighted by molar-refractivity contribution is -0.221. The molecule has 0 spiro atoms. The van der Waals surface area contributed by atoms with Gasteiger partial charge in [0.05, 0.1) is 36.9 Å². The molecule has 0 radical (unpaired) electrons. The van der Waals surface area contributed by atoms with E-state index in [0.29, 0.717) is 51.0 Å². The van der Waals surface area contributed by atoms with E-state index in [9.17, 15) is 59.4 Å². The van der Waals surface area contributed by atoms with Crippen molar-refractivity contribution in [3.05, 3.63) is 41.1 Å². The van der Waals surface area contributed by atoms with Crippen LogP contribution in [0.2, 0.25) is 0 Å². The number of hydrogen-bond donors (Lipinski definition) is 7. The molecule has 0 aliphatic rings. The monoisotopic (exact) mass is 802 g/mol. The maximum absolute atomic E-state index is 15.3. The van der Waals surface area contributed by atoms with Gasteiger partial charge in [0.1, 0.15) is 23.7 Å². The lowest BCUT2D eigenvalue weighted by Crippen LogP contribution is -2.62. The highest BCUT2D eigenvalue weighted by molar-refractivity contribution is 5.87. The average molecular weight is 803 g/mol. The fourth-order valence-corrected chi connectivity index (χ4v) is 4.24. The zero-order valence-corrected chi connectivity index (χ0v) is 29.4. The van der Waals surface area contributed by atoms with Crippen molar-refractivity contribution in [1.29, 1.82) is 0 Å². The Kier molecular flexibility index (Phi) is 16.2. The summed E-state index contributed by atoms with van der Waals surface area (Å²) >= 11 is 0. The number of halogens is 10. The Labute approximate surface area is 301 Å². The predicted octanol–water partition coefficient (Wildman–Crippen LogP) is 2.56. The molecule has 9 N–H and O–H groups in total. The minimum absolute atomic E-state index is 0.185. The molecule has 0 saturated carbocycles. The molecule has 308 valence electrons. The van der Waals surface area contributed by atoms with Crippen LogP contribution in [-0.2, 0) is 25.6 Å². The number of hydrogen-bond acceptors (Lipinski definition) is 11. The summed E-state index contributed by atoms with van der Waals surface area (Å²) in [6.07, 6.45) is -14.8. The highest BCUT2D eigenvalue weighted by Gasteiger charge is 2.57. The van der Waals surface area contributed by atoms with Gasteiger partial charge in [-0.05, 0) is 39.8 Å². The highest BCUT2D eigenvalue weighted by atomic mass is 19.4. The van der Waals surface area contributed by atoms with E-state index in [-0.39, 0.29) is 5.01 Å². The van der Waals surface area contributed by atoms with Gasteiger partial charge in [0.25, 0.3) is 5.91 Å². The number of carbonyl (C=O) groups excluding carboxylic acids is 4. The molecular formula is C29H40F10N8O7. The maximum Gasteiger partial charge on any atom is 0.407 e. The SMILES string of the molecule is COC(=O)NC(C(=O)NC[C@@H](O)CN(Cc1c(F)cc(/C(N)=C/N(N)C(F)F)cc1F)NC(=O)[C@@H](NC(=O)OC)C(C)(C)C(F)(F)F)C(C)(C)C(F)(F)F. The van der Waals surface area contributed by atoms with E-state index in [1.54, 1.807) is 10.6 Å². The number of alkyl carbamates (subject to hydrolysis) is 2.